The van der Waals surface area contributed by atoms with Gasteiger partial charge >= 0.3 is 0 Å². The molecule has 6 nitrogen and oxygen atoms in total. The third-order valence-corrected chi connectivity index (χ3v) is 3.88. The van der Waals surface area contributed by atoms with Crippen LogP contribution >= 0.6 is 0 Å². The number of sulfonamides is 1. The number of imidazole rings is 1. The molecule has 0 atom stereocenters. The third kappa shape index (κ3) is 6.73. The van der Waals surface area contributed by atoms with Gasteiger partial charge in [0.1, 0.15) is 0 Å². The second kappa shape index (κ2) is 7.50. The topological polar surface area (TPSA) is 86.9 Å². The summed E-state index contributed by atoms with van der Waals surface area (Å²) in [5.41, 5.74) is 0.930. The standard InChI is InChI=1S/C11H22N4O2S/c1-10(2)13-5-3-7-18(16,17)15-6-4-11-8-12-9-14-11/h8-10,13,15H,3-7H2,1-2H3,(H,12,14). The van der Waals surface area contributed by atoms with E-state index in [1.165, 1.54) is 0 Å². The largest absolute Gasteiger partial charge is 0.348 e. The SMILES string of the molecule is CC(C)NCCCS(=O)(=O)NCCc1cnc[nH]1. The highest BCUT2D eigenvalue weighted by Gasteiger charge is 2.09. The zero-order chi connectivity index (χ0) is 13.4. The molecule has 0 aliphatic carbocycles. The molecular formula is C11H22N4O2S. The van der Waals surface area contributed by atoms with Crippen molar-refractivity contribution in [3.63, 3.8) is 0 Å². The fraction of sp³-hybridized carbons (Fsp3) is 0.727. The molecule has 104 valence electrons. The van der Waals surface area contributed by atoms with Gasteiger partial charge in [-0.3, -0.25) is 0 Å². The van der Waals surface area contributed by atoms with Crippen molar-refractivity contribution in [1.82, 2.24) is 20.0 Å². The van der Waals surface area contributed by atoms with Crippen LogP contribution in [0.15, 0.2) is 12.5 Å². The van der Waals surface area contributed by atoms with Gasteiger partial charge < -0.3 is 10.3 Å². The molecule has 0 spiro atoms. The Morgan fingerprint density at radius 3 is 2.78 bits per heavy atom. The maximum Gasteiger partial charge on any atom is 0.211 e. The summed E-state index contributed by atoms with van der Waals surface area (Å²) in [6, 6.07) is 0.390. The van der Waals surface area contributed by atoms with Gasteiger partial charge in [-0.15, -0.1) is 0 Å². The quantitative estimate of drug-likeness (QED) is 0.564. The first-order valence-electron chi connectivity index (χ1n) is 6.17. The highest BCUT2D eigenvalue weighted by atomic mass is 32.2. The first kappa shape index (κ1) is 15.1. The summed E-state index contributed by atoms with van der Waals surface area (Å²) in [5.74, 6) is 0.162. The molecule has 18 heavy (non-hydrogen) atoms. The zero-order valence-electron chi connectivity index (χ0n) is 10.9. The second-order valence-electron chi connectivity index (χ2n) is 4.50. The minimum absolute atomic E-state index is 0.162. The van der Waals surface area contributed by atoms with Crippen molar-refractivity contribution in [2.75, 3.05) is 18.8 Å². The van der Waals surface area contributed by atoms with E-state index >= 15 is 0 Å². The van der Waals surface area contributed by atoms with E-state index in [9.17, 15) is 8.42 Å². The number of hydrogen-bond donors (Lipinski definition) is 3. The van der Waals surface area contributed by atoms with E-state index in [1.54, 1.807) is 12.5 Å². The molecule has 1 aromatic rings. The minimum atomic E-state index is -3.16. The van der Waals surface area contributed by atoms with Crippen LogP contribution in [0.5, 0.6) is 0 Å². The molecule has 0 unspecified atom stereocenters. The Bertz CT molecular complexity index is 414. The Morgan fingerprint density at radius 1 is 1.39 bits per heavy atom. The number of rotatable bonds is 9. The Morgan fingerprint density at radius 2 is 2.17 bits per heavy atom. The van der Waals surface area contributed by atoms with Crippen molar-refractivity contribution in [2.24, 2.45) is 0 Å². The molecule has 0 saturated carbocycles. The van der Waals surface area contributed by atoms with Crippen LogP contribution in [-0.2, 0) is 16.4 Å². The summed E-state index contributed by atoms with van der Waals surface area (Å²) in [7, 11) is -3.16. The van der Waals surface area contributed by atoms with E-state index in [4.69, 9.17) is 0 Å². The molecule has 1 aromatic heterocycles. The maximum atomic E-state index is 11.6. The van der Waals surface area contributed by atoms with Gasteiger partial charge in [0, 0.05) is 30.9 Å². The maximum absolute atomic E-state index is 11.6. The first-order valence-corrected chi connectivity index (χ1v) is 7.83. The fourth-order valence-electron chi connectivity index (χ4n) is 1.49. The van der Waals surface area contributed by atoms with Crippen molar-refractivity contribution in [3.05, 3.63) is 18.2 Å². The molecular weight excluding hydrogens is 252 g/mol. The monoisotopic (exact) mass is 274 g/mol. The van der Waals surface area contributed by atoms with Crippen LogP contribution in [0.1, 0.15) is 26.0 Å². The molecule has 0 saturated heterocycles. The van der Waals surface area contributed by atoms with Crippen LogP contribution in [0.2, 0.25) is 0 Å². The van der Waals surface area contributed by atoms with Gasteiger partial charge in [-0.2, -0.15) is 0 Å². The summed E-state index contributed by atoms with van der Waals surface area (Å²) in [6.07, 6.45) is 4.53. The normalized spacial score (nSPS) is 12.2. The molecule has 1 rings (SSSR count). The van der Waals surface area contributed by atoms with Gasteiger partial charge in [-0.05, 0) is 13.0 Å². The van der Waals surface area contributed by atoms with Gasteiger partial charge in [0.15, 0.2) is 0 Å². The molecule has 0 aromatic carbocycles. The van der Waals surface area contributed by atoms with Gasteiger partial charge in [0.05, 0.1) is 12.1 Å². The number of hydrogen-bond acceptors (Lipinski definition) is 4. The Balaban J connectivity index is 2.15. The van der Waals surface area contributed by atoms with Gasteiger partial charge in [-0.1, -0.05) is 13.8 Å². The molecule has 0 aliphatic rings. The van der Waals surface area contributed by atoms with Crippen LogP contribution < -0.4 is 10.0 Å². The van der Waals surface area contributed by atoms with E-state index in [2.05, 4.69) is 20.0 Å². The molecule has 0 bridgehead atoms. The van der Waals surface area contributed by atoms with Crippen LogP contribution in [0.25, 0.3) is 0 Å². The predicted molar refractivity (Wildman–Crippen MR) is 71.8 cm³/mol. The number of nitrogens with zero attached hydrogens (tertiary/aromatic N) is 1. The Hall–Kier alpha value is -0.920. The average Bonchev–Trinajstić information content (AvgIpc) is 2.77. The molecule has 1 heterocycles. The Labute approximate surface area is 109 Å². The highest BCUT2D eigenvalue weighted by molar-refractivity contribution is 7.89. The summed E-state index contributed by atoms with van der Waals surface area (Å²) in [4.78, 5) is 6.81. The van der Waals surface area contributed by atoms with Crippen LogP contribution in [-0.4, -0.2) is 43.3 Å². The number of nitrogens with one attached hydrogen (secondary N) is 3. The first-order chi connectivity index (χ1) is 8.49. The summed E-state index contributed by atoms with van der Waals surface area (Å²) in [5, 5.41) is 3.19. The lowest BCUT2D eigenvalue weighted by atomic mass is 10.3. The summed E-state index contributed by atoms with van der Waals surface area (Å²) in [6.45, 7) is 5.20. The lowest BCUT2D eigenvalue weighted by Gasteiger charge is -2.09. The van der Waals surface area contributed by atoms with E-state index in [0.29, 0.717) is 25.4 Å². The minimum Gasteiger partial charge on any atom is -0.348 e. The lowest BCUT2D eigenvalue weighted by molar-refractivity contribution is 0.561. The van der Waals surface area contributed by atoms with Crippen LogP contribution in [0.4, 0.5) is 0 Å². The zero-order valence-corrected chi connectivity index (χ0v) is 11.8. The van der Waals surface area contributed by atoms with Crippen molar-refractivity contribution in [1.29, 1.82) is 0 Å². The highest BCUT2D eigenvalue weighted by Crippen LogP contribution is 1.94. The second-order valence-corrected chi connectivity index (χ2v) is 6.43. The van der Waals surface area contributed by atoms with E-state index in [-0.39, 0.29) is 5.75 Å². The number of aromatic nitrogens is 2. The van der Waals surface area contributed by atoms with E-state index in [1.807, 2.05) is 13.8 Å². The molecule has 0 fully saturated rings. The summed E-state index contributed by atoms with van der Waals surface area (Å²) < 4.78 is 25.9. The van der Waals surface area contributed by atoms with Gasteiger partial charge in [0.25, 0.3) is 0 Å². The van der Waals surface area contributed by atoms with Crippen molar-refractivity contribution < 1.29 is 8.42 Å². The molecule has 3 N–H and O–H groups in total. The number of aromatic amines is 1. The molecule has 7 heteroatoms. The fourth-order valence-corrected chi connectivity index (χ4v) is 2.57. The van der Waals surface area contributed by atoms with Crippen molar-refractivity contribution in [3.8, 4) is 0 Å². The van der Waals surface area contributed by atoms with Gasteiger partial charge in [-0.25, -0.2) is 18.1 Å². The molecule has 0 amide bonds. The van der Waals surface area contributed by atoms with E-state index < -0.39 is 10.0 Å². The van der Waals surface area contributed by atoms with Crippen LogP contribution in [0, 0.1) is 0 Å². The molecule has 0 aliphatic heterocycles. The van der Waals surface area contributed by atoms with Crippen molar-refractivity contribution >= 4 is 10.0 Å². The summed E-state index contributed by atoms with van der Waals surface area (Å²) >= 11 is 0. The predicted octanol–water partition coefficient (Wildman–Crippen LogP) is 0.260. The van der Waals surface area contributed by atoms with Crippen molar-refractivity contribution in [2.45, 2.75) is 32.7 Å². The average molecular weight is 274 g/mol. The smallest absolute Gasteiger partial charge is 0.211 e. The van der Waals surface area contributed by atoms with Gasteiger partial charge in [0.2, 0.25) is 10.0 Å². The van der Waals surface area contributed by atoms with Crippen LogP contribution in [0.3, 0.4) is 0 Å². The third-order valence-electron chi connectivity index (χ3n) is 2.41. The van der Waals surface area contributed by atoms with E-state index in [0.717, 1.165) is 12.2 Å². The number of H-pyrrole nitrogens is 1. The lowest BCUT2D eigenvalue weighted by Crippen LogP contribution is -2.31. The Kier molecular flexibility index (Phi) is 6.31. The molecule has 0 radical (unpaired) electrons.